The molecule has 0 fully saturated rings. The highest BCUT2D eigenvalue weighted by molar-refractivity contribution is 7.90. The lowest BCUT2D eigenvalue weighted by molar-refractivity contribution is 0.345. The molecule has 0 aromatic heterocycles. The fourth-order valence-corrected chi connectivity index (χ4v) is 3.45. The number of hydrogen-bond donors (Lipinski definition) is 0. The fraction of sp³-hybridized carbons (Fsp3) is 0.857. The van der Waals surface area contributed by atoms with Crippen molar-refractivity contribution in [3.05, 3.63) is 0 Å². The van der Waals surface area contributed by atoms with Gasteiger partial charge in [-0.05, 0) is 26.7 Å². The molecule has 18 heavy (non-hydrogen) atoms. The van der Waals surface area contributed by atoms with Crippen LogP contribution in [-0.2, 0) is 11.4 Å². The monoisotopic (exact) mass is 287 g/mol. The van der Waals surface area contributed by atoms with Crippen LogP contribution in [0.2, 0.25) is 19.6 Å². The van der Waals surface area contributed by atoms with Gasteiger partial charge >= 0.3 is 0 Å². The van der Waals surface area contributed by atoms with Crippen molar-refractivity contribution in [3.63, 3.8) is 0 Å². The van der Waals surface area contributed by atoms with Crippen LogP contribution in [0, 0.1) is 17.4 Å². The van der Waals surface area contributed by atoms with Gasteiger partial charge in [-0.25, -0.2) is 0 Å². The molecule has 0 aliphatic heterocycles. The highest BCUT2D eigenvalue weighted by Gasteiger charge is 2.35. The quantitative estimate of drug-likeness (QED) is 0.452. The van der Waals surface area contributed by atoms with Crippen LogP contribution in [-0.4, -0.2) is 34.8 Å². The Morgan fingerprint density at radius 2 is 1.61 bits per heavy atom. The molecular formula is C14H29NOSSi. The molecule has 0 radical (unpaired) electrons. The smallest absolute Gasteiger partial charge is 0.137 e. The highest BCUT2D eigenvalue weighted by atomic mass is 32.2. The lowest BCUT2D eigenvalue weighted by Gasteiger charge is -2.34. The summed E-state index contributed by atoms with van der Waals surface area (Å²) in [5.41, 5.74) is 3.40. The second-order valence-electron chi connectivity index (χ2n) is 7.12. The molecule has 0 heterocycles. The van der Waals surface area contributed by atoms with Crippen molar-refractivity contribution in [2.75, 3.05) is 7.05 Å². The van der Waals surface area contributed by atoms with E-state index in [-0.39, 0.29) is 10.8 Å². The summed E-state index contributed by atoms with van der Waals surface area (Å²) in [6.45, 7) is 17.0. The average Bonchev–Trinajstić information content (AvgIpc) is 2.12. The molecule has 0 aliphatic rings. The molecule has 106 valence electrons. The Balaban J connectivity index is 5.08. The maximum Gasteiger partial charge on any atom is 0.137 e. The van der Waals surface area contributed by atoms with Crippen molar-refractivity contribution in [3.8, 4) is 11.5 Å². The van der Waals surface area contributed by atoms with Crippen LogP contribution in [0.15, 0.2) is 0 Å². The predicted molar refractivity (Wildman–Crippen MR) is 85.4 cm³/mol. The molecule has 4 heteroatoms. The van der Waals surface area contributed by atoms with E-state index in [4.69, 9.17) is 0 Å². The Kier molecular flexibility index (Phi) is 6.49. The van der Waals surface area contributed by atoms with Crippen molar-refractivity contribution in [1.82, 2.24) is 4.31 Å². The molecule has 0 saturated carbocycles. The molecule has 0 aromatic rings. The zero-order chi connectivity index (χ0) is 14.7. The lowest BCUT2D eigenvalue weighted by Crippen LogP contribution is -2.47. The summed E-state index contributed by atoms with van der Waals surface area (Å²) >= 11 is -1.01. The van der Waals surface area contributed by atoms with E-state index in [1.807, 2.05) is 32.1 Å². The van der Waals surface area contributed by atoms with Crippen molar-refractivity contribution in [2.24, 2.45) is 5.92 Å². The predicted octanol–water partition coefficient (Wildman–Crippen LogP) is 3.29. The van der Waals surface area contributed by atoms with Crippen molar-refractivity contribution in [1.29, 1.82) is 0 Å². The summed E-state index contributed by atoms with van der Waals surface area (Å²) in [4.78, 5) is 0. The van der Waals surface area contributed by atoms with Gasteiger partial charge in [-0.1, -0.05) is 39.4 Å². The summed E-state index contributed by atoms with van der Waals surface area (Å²) in [5, 5.41) is 0. The summed E-state index contributed by atoms with van der Waals surface area (Å²) < 4.78 is 14.1. The van der Waals surface area contributed by atoms with E-state index in [2.05, 4.69) is 45.0 Å². The van der Waals surface area contributed by atoms with Gasteiger partial charge in [-0.2, -0.15) is 0 Å². The molecule has 0 aromatic carbocycles. The lowest BCUT2D eigenvalue weighted by atomic mass is 10.1. The van der Waals surface area contributed by atoms with Crippen LogP contribution in [0.3, 0.4) is 0 Å². The summed E-state index contributed by atoms with van der Waals surface area (Å²) in [7, 11) is 0.542. The van der Waals surface area contributed by atoms with Gasteiger partial charge in [-0.3, -0.25) is 0 Å². The largest absolute Gasteiger partial charge is 0.597 e. The van der Waals surface area contributed by atoms with Gasteiger partial charge < -0.3 is 4.55 Å². The third-order valence-corrected chi connectivity index (χ3v) is 5.10. The Morgan fingerprint density at radius 3 is 1.89 bits per heavy atom. The van der Waals surface area contributed by atoms with E-state index in [9.17, 15) is 4.55 Å². The second kappa shape index (κ2) is 6.47. The minimum Gasteiger partial charge on any atom is -0.597 e. The number of nitrogens with zero attached hydrogens (tertiary/aromatic N) is 1. The second-order valence-corrected chi connectivity index (χ2v) is 14.2. The Morgan fingerprint density at radius 1 is 1.17 bits per heavy atom. The van der Waals surface area contributed by atoms with Crippen LogP contribution >= 0.6 is 0 Å². The van der Waals surface area contributed by atoms with E-state index in [0.29, 0.717) is 5.92 Å². The molecule has 0 spiro atoms. The van der Waals surface area contributed by atoms with Crippen LogP contribution in [0.25, 0.3) is 0 Å². The first-order valence-electron chi connectivity index (χ1n) is 6.54. The maximum atomic E-state index is 12.4. The Bertz CT molecular complexity index is 319. The third kappa shape index (κ3) is 6.28. The van der Waals surface area contributed by atoms with Gasteiger partial charge in [0.2, 0.25) is 0 Å². The molecule has 0 N–H and O–H groups in total. The van der Waals surface area contributed by atoms with Gasteiger partial charge in [0.25, 0.3) is 0 Å². The zero-order valence-electron chi connectivity index (χ0n) is 13.4. The van der Waals surface area contributed by atoms with Gasteiger partial charge in [0.1, 0.15) is 18.9 Å². The summed E-state index contributed by atoms with van der Waals surface area (Å²) in [5.74, 6) is 3.74. The van der Waals surface area contributed by atoms with E-state index in [1.54, 1.807) is 0 Å². The average molecular weight is 288 g/mol. The van der Waals surface area contributed by atoms with Gasteiger partial charge in [0.05, 0.1) is 0 Å². The fourth-order valence-electron chi connectivity index (χ4n) is 1.50. The highest BCUT2D eigenvalue weighted by Crippen LogP contribution is 2.23. The third-order valence-electron chi connectivity index (χ3n) is 2.40. The standard InChI is InChI=1S/C14H29NOSSi/c1-12(2)13(10-11-18(7,8)9)15(6)17(16)14(3,4)5/h12-13H,1-9H3. The molecule has 0 bridgehead atoms. The summed E-state index contributed by atoms with van der Waals surface area (Å²) in [6.07, 6.45) is 0. The van der Waals surface area contributed by atoms with Crippen molar-refractivity contribution in [2.45, 2.75) is 65.0 Å². The SMILES string of the molecule is CC(C)C(C#C[Si](C)(C)C)N(C)[S+]([O-])C(C)(C)C. The topological polar surface area (TPSA) is 26.3 Å². The first-order chi connectivity index (χ1) is 7.86. The molecular weight excluding hydrogens is 258 g/mol. The van der Waals surface area contributed by atoms with Crippen LogP contribution in [0.5, 0.6) is 0 Å². The maximum absolute atomic E-state index is 12.4. The minimum atomic E-state index is -1.38. The molecule has 0 aliphatic carbocycles. The van der Waals surface area contributed by atoms with Gasteiger partial charge in [0, 0.05) is 18.4 Å². The van der Waals surface area contributed by atoms with E-state index >= 15 is 0 Å². The van der Waals surface area contributed by atoms with Crippen molar-refractivity contribution >= 4 is 19.4 Å². The van der Waals surface area contributed by atoms with Crippen LogP contribution in [0.4, 0.5) is 0 Å². The minimum absolute atomic E-state index is 0.0665. The van der Waals surface area contributed by atoms with E-state index in [1.165, 1.54) is 0 Å². The Labute approximate surface area is 118 Å². The van der Waals surface area contributed by atoms with Gasteiger partial charge in [-0.15, -0.1) is 9.85 Å². The molecule has 0 amide bonds. The Hall–Kier alpha value is 0.0469. The molecule has 0 saturated heterocycles. The molecule has 2 nitrogen and oxygen atoms in total. The van der Waals surface area contributed by atoms with Crippen molar-refractivity contribution < 1.29 is 4.55 Å². The van der Waals surface area contributed by atoms with Gasteiger partial charge in [0.15, 0.2) is 0 Å². The number of hydrogen-bond acceptors (Lipinski definition) is 2. The van der Waals surface area contributed by atoms with Crippen LogP contribution in [0.1, 0.15) is 34.6 Å². The van der Waals surface area contributed by atoms with E-state index < -0.39 is 19.4 Å². The molecule has 2 atom stereocenters. The molecule has 2 unspecified atom stereocenters. The first kappa shape index (κ1) is 18.0. The molecule has 0 rings (SSSR count). The number of rotatable bonds is 3. The normalized spacial score (nSPS) is 16.4. The zero-order valence-corrected chi connectivity index (χ0v) is 15.2. The first-order valence-corrected chi connectivity index (χ1v) is 11.1. The van der Waals surface area contributed by atoms with E-state index in [0.717, 1.165) is 0 Å². The summed E-state index contributed by atoms with van der Waals surface area (Å²) in [6, 6.07) is 0.0665. The van der Waals surface area contributed by atoms with Crippen LogP contribution < -0.4 is 0 Å².